The molecule has 4 atom stereocenters. The molecule has 0 aromatic heterocycles. The average molecular weight is 1550 g/mol. The molecule has 30 heteroatoms. The Morgan fingerprint density at radius 2 is 0.731 bits per heavy atom. The fourth-order valence-corrected chi connectivity index (χ4v) is 11.1. The molecule has 0 fully saturated rings. The quantitative estimate of drug-likeness (QED) is 0.0118. The van der Waals surface area contributed by atoms with Gasteiger partial charge in [0.1, 0.15) is 0 Å². The molecular formula is C78H76Cl2F9N5O14. The van der Waals surface area contributed by atoms with Gasteiger partial charge in [-0.05, 0) is 145 Å². The van der Waals surface area contributed by atoms with E-state index in [1.54, 1.807) is 24.3 Å². The van der Waals surface area contributed by atoms with Crippen LogP contribution in [0.3, 0.4) is 0 Å². The van der Waals surface area contributed by atoms with Crippen LogP contribution < -0.4 is 21.3 Å². The molecule has 8 rings (SSSR count). The van der Waals surface area contributed by atoms with Crippen molar-refractivity contribution >= 4 is 76.4 Å². The Kier molecular flexibility index (Phi) is 34.3. The molecule has 0 unspecified atom stereocenters. The topological polar surface area (TPSA) is 309 Å². The van der Waals surface area contributed by atoms with Crippen LogP contribution in [0.2, 0.25) is 10.0 Å². The third kappa shape index (κ3) is 33.5. The summed E-state index contributed by atoms with van der Waals surface area (Å²) in [7, 11) is 0. The second-order valence-corrected chi connectivity index (χ2v) is 25.8. The van der Waals surface area contributed by atoms with Crippen LogP contribution in [0.25, 0.3) is 0 Å². The summed E-state index contributed by atoms with van der Waals surface area (Å²) in [5.41, 5.74) is 5.03. The number of carbonyl (C=O) groups excluding carboxylic acids is 4. The van der Waals surface area contributed by atoms with Gasteiger partial charge in [0, 0.05) is 36.3 Å². The number of rotatable bonds is 30. The molecule has 0 aliphatic rings. The molecule has 0 bridgehead atoms. The molecule has 4 amide bonds. The first-order chi connectivity index (χ1) is 50.8. The predicted octanol–water partition coefficient (Wildman–Crippen LogP) is 15.0. The summed E-state index contributed by atoms with van der Waals surface area (Å²) in [5, 5.41) is 58.3. The Morgan fingerprint density at radius 1 is 0.389 bits per heavy atom. The number of carbonyl (C=O) groups is 8. The molecule has 0 aliphatic heterocycles. The van der Waals surface area contributed by atoms with Crippen LogP contribution in [-0.4, -0.2) is 97.0 Å². The summed E-state index contributed by atoms with van der Waals surface area (Å²) in [6, 6.07) is 45.5. The number of nitrogens with one attached hydrogen (secondary N) is 4. The number of carboxylic acids is 4. The molecule has 0 spiro atoms. The zero-order valence-corrected chi connectivity index (χ0v) is 59.5. The Balaban J connectivity index is 0.000000258. The zero-order valence-electron chi connectivity index (χ0n) is 58.0. The number of amides is 4. The Hall–Kier alpha value is -11.1. The van der Waals surface area contributed by atoms with Crippen molar-refractivity contribution in [3.63, 3.8) is 0 Å². The highest BCUT2D eigenvalue weighted by Crippen LogP contribution is 2.32. The van der Waals surface area contributed by atoms with E-state index in [1.165, 1.54) is 60.7 Å². The minimum atomic E-state index is -4.43. The van der Waals surface area contributed by atoms with Gasteiger partial charge in [0.2, 0.25) is 23.6 Å². The summed E-state index contributed by atoms with van der Waals surface area (Å²) in [6.07, 6.45) is -12.7. The van der Waals surface area contributed by atoms with Gasteiger partial charge in [0.25, 0.3) is 5.69 Å². The highest BCUT2D eigenvalue weighted by molar-refractivity contribution is 6.42. The van der Waals surface area contributed by atoms with Crippen LogP contribution in [0.4, 0.5) is 45.2 Å². The van der Waals surface area contributed by atoms with E-state index in [-0.39, 0.29) is 94.0 Å². The fraction of sp³-hybridized carbons (Fsp3) is 0.282. The third-order valence-electron chi connectivity index (χ3n) is 16.0. The van der Waals surface area contributed by atoms with Gasteiger partial charge in [0.15, 0.2) is 0 Å². The maximum absolute atomic E-state index is 12.6. The van der Waals surface area contributed by atoms with E-state index in [1.807, 2.05) is 86.6 Å². The number of aliphatic carboxylic acids is 4. The average Bonchev–Trinajstić information content (AvgIpc) is 0.854. The lowest BCUT2D eigenvalue weighted by molar-refractivity contribution is -0.384. The van der Waals surface area contributed by atoms with Gasteiger partial charge in [-0.1, -0.05) is 162 Å². The standard InChI is InChI=1S/3C20H20F3NO3.C18H16Cl2N2O5/c1-13-3-2-4-15(9-13)11-18(25)24-17(12-19(26)27)10-14-5-7-16(8-6-14)20(21,22)23;1-13-4-2-3-5-15(13)11-18(25)24-17(12-19(26)27)10-14-6-8-16(9-7-14)20(21,22)23;21-20(22,23)16-9-6-15(7-10-16)12-18(25)24-17(13-19(26)27)11-8-14-4-2-1-3-5-14;19-15-6-3-12(8-16(15)20)9-17(23)21-13(10-18(24)25)7-11-1-4-14(5-2-11)22(26)27/h2*2-9,17H,10-12H2,1H3,(H,24,25)(H,26,27);1-7,9-10,17H,8,11-13H2,(H,24,25)(H,26,27);1-6,8,13H,7,9-10H2,(H,21,23)(H,24,25)/t3*17-;13-/m0010/s1. The molecule has 108 heavy (non-hydrogen) atoms. The van der Waals surface area contributed by atoms with E-state index in [4.69, 9.17) is 43.6 Å². The maximum Gasteiger partial charge on any atom is 0.416 e. The lowest BCUT2D eigenvalue weighted by atomic mass is 10.0. The molecule has 0 radical (unpaired) electrons. The van der Waals surface area contributed by atoms with E-state index < -0.39 is 94.1 Å². The lowest BCUT2D eigenvalue weighted by Gasteiger charge is -2.18. The lowest BCUT2D eigenvalue weighted by Crippen LogP contribution is -2.39. The van der Waals surface area contributed by atoms with Crippen LogP contribution in [-0.2, 0) is 108 Å². The largest absolute Gasteiger partial charge is 0.481 e. The summed E-state index contributed by atoms with van der Waals surface area (Å²) >= 11 is 11.8. The van der Waals surface area contributed by atoms with Crippen LogP contribution in [0, 0.1) is 24.0 Å². The number of nitro groups is 1. The summed E-state index contributed by atoms with van der Waals surface area (Å²) in [4.78, 5) is 103. The Labute approximate surface area is 624 Å². The van der Waals surface area contributed by atoms with Gasteiger partial charge < -0.3 is 41.7 Å². The highest BCUT2D eigenvalue weighted by Gasteiger charge is 2.33. The van der Waals surface area contributed by atoms with Crippen molar-refractivity contribution in [2.75, 3.05) is 0 Å². The number of benzene rings is 8. The van der Waals surface area contributed by atoms with Gasteiger partial charge in [-0.2, -0.15) is 39.5 Å². The van der Waals surface area contributed by atoms with Crippen molar-refractivity contribution in [3.05, 3.63) is 287 Å². The van der Waals surface area contributed by atoms with Crippen LogP contribution >= 0.6 is 23.2 Å². The van der Waals surface area contributed by atoms with Crippen molar-refractivity contribution in [2.24, 2.45) is 0 Å². The van der Waals surface area contributed by atoms with Crippen LogP contribution in [0.5, 0.6) is 0 Å². The van der Waals surface area contributed by atoms with Gasteiger partial charge in [-0.25, -0.2) is 0 Å². The van der Waals surface area contributed by atoms with Gasteiger partial charge >= 0.3 is 42.4 Å². The van der Waals surface area contributed by atoms with Gasteiger partial charge in [-0.3, -0.25) is 48.5 Å². The molecule has 8 aromatic rings. The number of carboxylic acid groups (broad SMARTS) is 4. The van der Waals surface area contributed by atoms with Crippen molar-refractivity contribution in [3.8, 4) is 0 Å². The first-order valence-corrected chi connectivity index (χ1v) is 33.9. The molecule has 0 saturated carbocycles. The molecule has 8 aromatic carbocycles. The smallest absolute Gasteiger partial charge is 0.416 e. The van der Waals surface area contributed by atoms with Gasteiger partial charge in [0.05, 0.1) is 83.0 Å². The molecule has 0 heterocycles. The number of nitro benzene ring substituents is 1. The minimum absolute atomic E-state index is 0.0211. The van der Waals surface area contributed by atoms with E-state index in [9.17, 15) is 88.0 Å². The molecular weight excluding hydrogens is 1470 g/mol. The number of alkyl halides is 9. The maximum atomic E-state index is 12.6. The molecule has 19 nitrogen and oxygen atoms in total. The van der Waals surface area contributed by atoms with Gasteiger partial charge in [-0.15, -0.1) is 0 Å². The highest BCUT2D eigenvalue weighted by atomic mass is 35.5. The van der Waals surface area contributed by atoms with Crippen LogP contribution in [0.15, 0.2) is 194 Å². The van der Waals surface area contributed by atoms with Crippen molar-refractivity contribution in [1.82, 2.24) is 21.3 Å². The van der Waals surface area contributed by atoms with E-state index in [0.717, 1.165) is 64.2 Å². The van der Waals surface area contributed by atoms with Crippen molar-refractivity contribution in [2.45, 2.75) is 140 Å². The number of non-ortho nitro benzene ring substituents is 1. The fourth-order valence-electron chi connectivity index (χ4n) is 10.8. The normalized spacial score (nSPS) is 12.2. The first-order valence-electron chi connectivity index (χ1n) is 33.1. The number of nitrogens with zero attached hydrogens (tertiary/aromatic N) is 1. The summed E-state index contributed by atoms with van der Waals surface area (Å²) < 4.78 is 113. The molecule has 0 aliphatic carbocycles. The third-order valence-corrected chi connectivity index (χ3v) is 16.7. The number of aryl methyl sites for hydroxylation is 3. The summed E-state index contributed by atoms with van der Waals surface area (Å²) in [6.45, 7) is 3.78. The zero-order chi connectivity index (χ0) is 79.9. The molecule has 8 N–H and O–H groups in total. The van der Waals surface area contributed by atoms with E-state index in [0.29, 0.717) is 50.7 Å². The summed E-state index contributed by atoms with van der Waals surface area (Å²) in [5.74, 6) is -5.72. The monoisotopic (exact) mass is 1550 g/mol. The van der Waals surface area contributed by atoms with E-state index in [2.05, 4.69) is 21.3 Å². The second-order valence-electron chi connectivity index (χ2n) is 25.0. The van der Waals surface area contributed by atoms with Crippen LogP contribution in [0.1, 0.15) is 104 Å². The predicted molar refractivity (Wildman–Crippen MR) is 384 cm³/mol. The molecule has 0 saturated heterocycles. The second kappa shape index (κ2) is 42.3. The minimum Gasteiger partial charge on any atom is -0.481 e. The number of hydrogen-bond donors (Lipinski definition) is 8. The first kappa shape index (κ1) is 87.5. The van der Waals surface area contributed by atoms with Crippen molar-refractivity contribution < 1.29 is 103 Å². The Morgan fingerprint density at radius 3 is 1.12 bits per heavy atom. The SMILES string of the molecule is Cc1cccc(CC(=O)N[C@H](CC(=O)O)Cc2ccc(C(F)(F)F)cc2)c1.Cc1ccccc1CC(=O)N[C@H](CC(=O)O)Cc1ccc(C(F)(F)F)cc1.O=C(O)C[C@@H](CCc1ccccc1)NC(=O)Cc1ccc(C(F)(F)F)cc1.O=C(O)C[C@H](Cc1ccc([N+](=O)[O-])cc1)NC(=O)Cc1ccc(Cl)c(Cl)c1. The molecule has 574 valence electrons. The number of hydrogen-bond acceptors (Lipinski definition) is 10. The Bertz CT molecular complexity index is 4320. The number of halogens is 11. The van der Waals surface area contributed by atoms with E-state index >= 15 is 0 Å². The van der Waals surface area contributed by atoms with Crippen molar-refractivity contribution in [1.29, 1.82) is 0 Å².